The van der Waals surface area contributed by atoms with Crippen LogP contribution in [0.2, 0.25) is 0 Å². The molecule has 1 saturated heterocycles. The molecule has 164 valence electrons. The molecule has 1 heterocycles. The average Bonchev–Trinajstić information content (AvgIpc) is 2.59. The highest BCUT2D eigenvalue weighted by Gasteiger charge is 2.30. The van der Waals surface area contributed by atoms with Crippen molar-refractivity contribution in [1.29, 1.82) is 0 Å². The first kappa shape index (κ1) is 23.8. The molecule has 9 heteroatoms. The largest absolute Gasteiger partial charge is 0.484 e. The predicted octanol–water partition coefficient (Wildman–Crippen LogP) is 5.22. The first-order valence-corrected chi connectivity index (χ1v) is 10.3. The Morgan fingerprint density at radius 3 is 2.41 bits per heavy atom. The van der Waals surface area contributed by atoms with Gasteiger partial charge in [-0.1, -0.05) is 15.9 Å². The van der Waals surface area contributed by atoms with Gasteiger partial charge in [0.05, 0.1) is 0 Å². The van der Waals surface area contributed by atoms with Gasteiger partial charge in [0.15, 0.2) is 6.61 Å². The van der Waals surface area contributed by atoms with Gasteiger partial charge >= 0.3 is 12.3 Å². The summed E-state index contributed by atoms with van der Waals surface area (Å²) in [5, 5.41) is 0. The van der Waals surface area contributed by atoms with Gasteiger partial charge in [-0.15, -0.1) is 0 Å². The van der Waals surface area contributed by atoms with Gasteiger partial charge in [-0.05, 0) is 51.8 Å². The number of hydrogen-bond acceptors (Lipinski definition) is 4. The lowest BCUT2D eigenvalue weighted by Gasteiger charge is -2.37. The van der Waals surface area contributed by atoms with E-state index in [9.17, 15) is 18.0 Å². The molecular formula is C20H28BrF3N2O3. The number of likely N-dealkylation sites (tertiary alicyclic amines) is 1. The van der Waals surface area contributed by atoms with Gasteiger partial charge in [-0.2, -0.15) is 13.2 Å². The molecule has 1 aliphatic heterocycles. The highest BCUT2D eigenvalue weighted by molar-refractivity contribution is 9.10. The lowest BCUT2D eigenvalue weighted by Crippen LogP contribution is -2.46. The van der Waals surface area contributed by atoms with Crippen LogP contribution in [0.3, 0.4) is 0 Å². The summed E-state index contributed by atoms with van der Waals surface area (Å²) in [6, 6.07) is 5.07. The van der Waals surface area contributed by atoms with Crippen LogP contribution in [-0.2, 0) is 11.3 Å². The van der Waals surface area contributed by atoms with Crippen LogP contribution in [0.1, 0.15) is 39.2 Å². The lowest BCUT2D eigenvalue weighted by molar-refractivity contribution is -0.153. The van der Waals surface area contributed by atoms with E-state index in [1.807, 2.05) is 20.8 Å². The summed E-state index contributed by atoms with van der Waals surface area (Å²) in [5.74, 6) is 0.235. The van der Waals surface area contributed by atoms with Crippen molar-refractivity contribution in [3.05, 3.63) is 28.2 Å². The van der Waals surface area contributed by atoms with Crippen LogP contribution >= 0.6 is 15.9 Å². The minimum atomic E-state index is -4.38. The average molecular weight is 481 g/mol. The predicted molar refractivity (Wildman–Crippen MR) is 108 cm³/mol. The fourth-order valence-electron chi connectivity index (χ4n) is 3.16. The monoisotopic (exact) mass is 480 g/mol. The van der Waals surface area contributed by atoms with Gasteiger partial charge in [0.25, 0.3) is 0 Å². The first-order valence-electron chi connectivity index (χ1n) is 9.50. The van der Waals surface area contributed by atoms with Gasteiger partial charge in [0.2, 0.25) is 0 Å². The van der Waals surface area contributed by atoms with Crippen molar-refractivity contribution in [2.75, 3.05) is 26.7 Å². The van der Waals surface area contributed by atoms with E-state index in [0.29, 0.717) is 12.1 Å². The molecular weight excluding hydrogens is 453 g/mol. The number of ether oxygens (including phenoxy) is 2. The van der Waals surface area contributed by atoms with E-state index in [0.717, 1.165) is 30.4 Å². The molecule has 1 aromatic rings. The maximum absolute atomic E-state index is 12.5. The highest BCUT2D eigenvalue weighted by Crippen LogP contribution is 2.28. The number of carbonyl (C=O) groups is 1. The minimum Gasteiger partial charge on any atom is -0.484 e. The molecule has 0 atom stereocenters. The molecule has 0 saturated carbocycles. The van der Waals surface area contributed by atoms with E-state index >= 15 is 0 Å². The van der Waals surface area contributed by atoms with Crippen molar-refractivity contribution < 1.29 is 27.4 Å². The smallest absolute Gasteiger partial charge is 0.422 e. The van der Waals surface area contributed by atoms with Crippen molar-refractivity contribution in [3.63, 3.8) is 0 Å². The van der Waals surface area contributed by atoms with Crippen molar-refractivity contribution in [2.24, 2.45) is 0 Å². The Hall–Kier alpha value is -1.48. The van der Waals surface area contributed by atoms with E-state index < -0.39 is 18.4 Å². The van der Waals surface area contributed by atoms with Gasteiger partial charge < -0.3 is 14.4 Å². The molecule has 0 bridgehead atoms. The molecule has 29 heavy (non-hydrogen) atoms. The Balaban J connectivity index is 1.94. The van der Waals surface area contributed by atoms with Crippen LogP contribution in [0.5, 0.6) is 5.75 Å². The van der Waals surface area contributed by atoms with Gasteiger partial charge in [0.1, 0.15) is 11.4 Å². The van der Waals surface area contributed by atoms with E-state index in [1.165, 1.54) is 0 Å². The third kappa shape index (κ3) is 8.04. The Kier molecular flexibility index (Phi) is 7.84. The van der Waals surface area contributed by atoms with Gasteiger partial charge in [0, 0.05) is 42.8 Å². The van der Waals surface area contributed by atoms with Crippen molar-refractivity contribution in [1.82, 2.24) is 9.80 Å². The number of carbonyl (C=O) groups excluding carboxylic acids is 1. The highest BCUT2D eigenvalue weighted by atomic mass is 79.9. The maximum atomic E-state index is 12.5. The van der Waals surface area contributed by atoms with Gasteiger partial charge in [-0.25, -0.2) is 4.79 Å². The quantitative estimate of drug-likeness (QED) is 0.579. The summed E-state index contributed by atoms with van der Waals surface area (Å²) in [7, 11) is 1.74. The topological polar surface area (TPSA) is 42.0 Å². The SMILES string of the molecule is CN(C(=O)OC(C)(C)C)C1CCN(Cc2cc(Br)ccc2OCC(F)(F)F)CC1. The molecule has 1 amide bonds. The molecule has 0 N–H and O–H groups in total. The second-order valence-corrected chi connectivity index (χ2v) is 9.17. The Morgan fingerprint density at radius 1 is 1.24 bits per heavy atom. The van der Waals surface area contributed by atoms with Crippen LogP contribution in [-0.4, -0.2) is 60.5 Å². The fraction of sp³-hybridized carbons (Fsp3) is 0.650. The zero-order valence-corrected chi connectivity index (χ0v) is 18.8. The van der Waals surface area contributed by atoms with Gasteiger partial charge in [-0.3, -0.25) is 4.90 Å². The number of amides is 1. The number of piperidine rings is 1. The lowest BCUT2D eigenvalue weighted by atomic mass is 10.0. The standard InChI is InChI=1S/C20H28BrF3N2O3/c1-19(2,3)29-18(27)25(4)16-7-9-26(10-8-16)12-14-11-15(21)5-6-17(14)28-13-20(22,23)24/h5-6,11,16H,7-10,12-13H2,1-4H3. The van der Waals surface area contributed by atoms with Crippen LogP contribution in [0.25, 0.3) is 0 Å². The summed E-state index contributed by atoms with van der Waals surface area (Å²) in [6.07, 6.45) is -3.19. The van der Waals surface area contributed by atoms with E-state index in [1.54, 1.807) is 30.1 Å². The number of alkyl halides is 3. The Labute approximate surface area is 178 Å². The van der Waals surface area contributed by atoms with Crippen molar-refractivity contribution >= 4 is 22.0 Å². The van der Waals surface area contributed by atoms with E-state index in [2.05, 4.69) is 20.8 Å². The molecule has 5 nitrogen and oxygen atoms in total. The normalized spacial score (nSPS) is 16.6. The number of rotatable bonds is 5. The summed E-state index contributed by atoms with van der Waals surface area (Å²) >= 11 is 3.37. The molecule has 0 unspecified atom stereocenters. The maximum Gasteiger partial charge on any atom is 0.422 e. The van der Waals surface area contributed by atoms with Crippen molar-refractivity contribution in [2.45, 2.75) is 58.0 Å². The van der Waals surface area contributed by atoms with E-state index in [-0.39, 0.29) is 17.9 Å². The molecule has 0 spiro atoms. The zero-order chi connectivity index (χ0) is 21.8. The molecule has 2 rings (SSSR count). The summed E-state index contributed by atoms with van der Waals surface area (Å²) in [4.78, 5) is 16.0. The van der Waals surface area contributed by atoms with Crippen LogP contribution in [0.15, 0.2) is 22.7 Å². The third-order valence-corrected chi connectivity index (χ3v) is 5.09. The number of halogens is 4. The molecule has 0 aliphatic carbocycles. The van der Waals surface area contributed by atoms with Crippen molar-refractivity contribution in [3.8, 4) is 5.75 Å². The molecule has 0 aromatic heterocycles. The summed E-state index contributed by atoms with van der Waals surface area (Å²) in [5.41, 5.74) is 0.155. The zero-order valence-electron chi connectivity index (χ0n) is 17.2. The second-order valence-electron chi connectivity index (χ2n) is 8.25. The summed E-state index contributed by atoms with van der Waals surface area (Å²) in [6.45, 7) is 6.11. The Bertz CT molecular complexity index is 699. The van der Waals surface area contributed by atoms with Crippen LogP contribution < -0.4 is 4.74 Å². The van der Waals surface area contributed by atoms with E-state index in [4.69, 9.17) is 9.47 Å². The number of benzene rings is 1. The van der Waals surface area contributed by atoms with Crippen LogP contribution in [0, 0.1) is 0 Å². The Morgan fingerprint density at radius 2 is 1.86 bits per heavy atom. The second kappa shape index (κ2) is 9.55. The fourth-order valence-corrected chi connectivity index (χ4v) is 3.57. The molecule has 1 fully saturated rings. The molecule has 1 aliphatic rings. The minimum absolute atomic E-state index is 0.0737. The number of hydrogen-bond donors (Lipinski definition) is 0. The van der Waals surface area contributed by atoms with Crippen LogP contribution in [0.4, 0.5) is 18.0 Å². The molecule has 0 radical (unpaired) electrons. The number of nitrogens with zero attached hydrogens (tertiary/aromatic N) is 2. The molecule has 1 aromatic carbocycles. The summed E-state index contributed by atoms with van der Waals surface area (Å²) < 4.78 is 48.7. The third-order valence-electron chi connectivity index (χ3n) is 4.59. The first-order chi connectivity index (χ1) is 13.3.